The number of nitrogens with zero attached hydrogens (tertiary/aromatic N) is 4. The summed E-state index contributed by atoms with van der Waals surface area (Å²) in [4.78, 5) is 2.49. The third-order valence-corrected chi connectivity index (χ3v) is 1.19. The quantitative estimate of drug-likeness (QED) is 0.176. The van der Waals surface area contributed by atoms with Gasteiger partial charge < -0.3 is 0 Å². The zero-order chi connectivity index (χ0) is 6.69. The minimum atomic E-state index is 0.371. The summed E-state index contributed by atoms with van der Waals surface area (Å²) in [5.74, 6) is 0.371. The molecule has 0 radical (unpaired) electrons. The molecule has 0 spiro atoms. The first kappa shape index (κ1) is 5.85. The van der Waals surface area contributed by atoms with E-state index >= 15 is 0 Å². The normalized spacial score (nSPS) is 27.1. The first-order chi connectivity index (χ1) is 4.38. The van der Waals surface area contributed by atoms with Crippen LogP contribution in [0.15, 0.2) is 23.0 Å². The third kappa shape index (κ3) is 1.30. The van der Waals surface area contributed by atoms with E-state index < -0.39 is 0 Å². The Morgan fingerprint density at radius 1 is 1.89 bits per heavy atom. The van der Waals surface area contributed by atoms with Gasteiger partial charge in [0.2, 0.25) is 0 Å². The fourth-order valence-corrected chi connectivity index (χ4v) is 0.578. The molecule has 0 amide bonds. The van der Waals surface area contributed by atoms with Crippen molar-refractivity contribution in [3.05, 3.63) is 23.1 Å². The molecule has 1 rings (SSSR count). The van der Waals surface area contributed by atoms with Gasteiger partial charge in [0.05, 0.1) is 0 Å². The van der Waals surface area contributed by atoms with Crippen molar-refractivity contribution in [1.82, 2.24) is 0 Å². The predicted molar refractivity (Wildman–Crippen MR) is 34.9 cm³/mol. The van der Waals surface area contributed by atoms with E-state index in [-0.39, 0.29) is 0 Å². The lowest BCUT2D eigenvalue weighted by molar-refractivity contribution is 1.17. The molecule has 46 valence electrons. The summed E-state index contributed by atoms with van der Waals surface area (Å²) in [7, 11) is 0. The van der Waals surface area contributed by atoms with Gasteiger partial charge in [0.1, 0.15) is 5.71 Å². The van der Waals surface area contributed by atoms with Crippen molar-refractivity contribution in [2.24, 2.45) is 16.2 Å². The molecule has 0 aromatic carbocycles. The molecule has 0 aromatic heterocycles. The summed E-state index contributed by atoms with van der Waals surface area (Å²) >= 11 is 0. The molecular formula is C5H6N4. The van der Waals surface area contributed by atoms with Crippen LogP contribution < -0.4 is 0 Å². The van der Waals surface area contributed by atoms with Crippen molar-refractivity contribution >= 4 is 5.71 Å². The van der Waals surface area contributed by atoms with Gasteiger partial charge in [-0.3, -0.25) is 0 Å². The topological polar surface area (TPSA) is 61.1 Å². The van der Waals surface area contributed by atoms with Crippen LogP contribution in [0.2, 0.25) is 0 Å². The van der Waals surface area contributed by atoms with Crippen molar-refractivity contribution in [2.45, 2.75) is 6.42 Å². The van der Waals surface area contributed by atoms with Crippen molar-refractivity contribution in [1.29, 1.82) is 0 Å². The summed E-state index contributed by atoms with van der Waals surface area (Å²) < 4.78 is 0. The molecule has 1 fully saturated rings. The first-order valence-electron chi connectivity index (χ1n) is 2.62. The smallest absolute Gasteiger partial charge is 0.142 e. The van der Waals surface area contributed by atoms with E-state index in [1.54, 1.807) is 6.08 Å². The number of allylic oxidation sites excluding steroid dienone is 1. The van der Waals surface area contributed by atoms with E-state index in [1.165, 1.54) is 0 Å². The summed E-state index contributed by atoms with van der Waals surface area (Å²) in [6.07, 6.45) is 2.70. The summed E-state index contributed by atoms with van der Waals surface area (Å²) in [6, 6.07) is 0. The Labute approximate surface area is 52.5 Å². The average Bonchev–Trinajstić information content (AvgIpc) is 2.62. The van der Waals surface area contributed by atoms with Crippen molar-refractivity contribution in [3.8, 4) is 0 Å². The number of hydrogen-bond donors (Lipinski definition) is 0. The van der Waals surface area contributed by atoms with Crippen LogP contribution in [0.3, 0.4) is 0 Å². The lowest BCUT2D eigenvalue weighted by Crippen LogP contribution is -1.67. The first-order valence-corrected chi connectivity index (χ1v) is 2.62. The van der Waals surface area contributed by atoms with Crippen LogP contribution in [-0.4, -0.2) is 5.71 Å². The van der Waals surface area contributed by atoms with Gasteiger partial charge in [0.15, 0.2) is 0 Å². The second-order valence-electron chi connectivity index (χ2n) is 1.82. The van der Waals surface area contributed by atoms with Crippen LogP contribution in [-0.2, 0) is 0 Å². The van der Waals surface area contributed by atoms with Crippen LogP contribution in [0, 0.1) is 5.92 Å². The molecule has 0 N–H and O–H groups in total. The Kier molecular flexibility index (Phi) is 1.51. The highest BCUT2D eigenvalue weighted by Gasteiger charge is 2.33. The fraction of sp³-hybridized carbons (Fsp3) is 0.400. The average molecular weight is 122 g/mol. The number of rotatable bonds is 2. The maximum Gasteiger partial charge on any atom is 0.142 e. The molecule has 0 aromatic rings. The molecule has 1 saturated carbocycles. The van der Waals surface area contributed by atoms with Crippen LogP contribution >= 0.6 is 0 Å². The van der Waals surface area contributed by atoms with E-state index in [0.29, 0.717) is 5.92 Å². The molecule has 1 atom stereocenters. The van der Waals surface area contributed by atoms with Crippen molar-refractivity contribution in [2.75, 3.05) is 0 Å². The van der Waals surface area contributed by atoms with Crippen LogP contribution in [0.5, 0.6) is 0 Å². The van der Waals surface area contributed by atoms with Crippen LogP contribution in [0.1, 0.15) is 6.42 Å². The Balaban J connectivity index is 2.49. The Morgan fingerprint density at radius 3 is 3.11 bits per heavy atom. The minimum Gasteiger partial charge on any atom is -0.165 e. The molecule has 0 aliphatic heterocycles. The fourth-order valence-electron chi connectivity index (χ4n) is 0.578. The highest BCUT2D eigenvalue weighted by atomic mass is 15.4. The van der Waals surface area contributed by atoms with Gasteiger partial charge in [-0.1, -0.05) is 6.08 Å². The number of hydrogen-bond acceptors (Lipinski definition) is 1. The van der Waals surface area contributed by atoms with Gasteiger partial charge in [0, 0.05) is 17.6 Å². The highest BCUT2D eigenvalue weighted by molar-refractivity contribution is 6.02. The number of azide groups is 1. The Morgan fingerprint density at radius 2 is 2.67 bits per heavy atom. The Bertz CT molecular complexity index is 199. The molecule has 1 aliphatic carbocycles. The second kappa shape index (κ2) is 2.33. The molecule has 4 nitrogen and oxygen atoms in total. The third-order valence-electron chi connectivity index (χ3n) is 1.19. The molecule has 9 heavy (non-hydrogen) atoms. The van der Waals surface area contributed by atoms with E-state index in [2.05, 4.69) is 21.8 Å². The van der Waals surface area contributed by atoms with E-state index in [4.69, 9.17) is 5.53 Å². The van der Waals surface area contributed by atoms with Gasteiger partial charge in [0.25, 0.3) is 0 Å². The molecule has 1 aliphatic rings. The van der Waals surface area contributed by atoms with E-state index in [0.717, 1.165) is 12.1 Å². The standard InChI is InChI=1S/C5H6N4/c1-2-4-3-5(4)7-9-8-6/h2,4H,1,3H2/t4-/m1/s1. The molecule has 0 unspecified atom stereocenters. The monoisotopic (exact) mass is 122 g/mol. The van der Waals surface area contributed by atoms with Crippen LogP contribution in [0.4, 0.5) is 0 Å². The zero-order valence-corrected chi connectivity index (χ0v) is 4.86. The van der Waals surface area contributed by atoms with E-state index in [1.807, 2.05) is 0 Å². The van der Waals surface area contributed by atoms with E-state index in [9.17, 15) is 0 Å². The van der Waals surface area contributed by atoms with Crippen molar-refractivity contribution < 1.29 is 0 Å². The van der Waals surface area contributed by atoms with Crippen LogP contribution in [0.25, 0.3) is 10.4 Å². The Hall–Kier alpha value is -1.28. The maximum absolute atomic E-state index is 7.83. The molecule has 0 heterocycles. The SMILES string of the molecule is C=C[C@@H]1CC1=NN=[N+]=[N-]. The minimum absolute atomic E-state index is 0.371. The molecule has 4 heteroatoms. The maximum atomic E-state index is 7.83. The van der Waals surface area contributed by atoms with Gasteiger partial charge >= 0.3 is 0 Å². The second-order valence-corrected chi connectivity index (χ2v) is 1.82. The lowest BCUT2D eigenvalue weighted by atomic mass is 10.4. The van der Waals surface area contributed by atoms with Gasteiger partial charge in [-0.25, -0.2) is 0 Å². The van der Waals surface area contributed by atoms with Gasteiger partial charge in [-0.2, -0.15) is 4.91 Å². The highest BCUT2D eigenvalue weighted by Crippen LogP contribution is 2.26. The largest absolute Gasteiger partial charge is 0.165 e. The van der Waals surface area contributed by atoms with Crippen molar-refractivity contribution in [3.63, 3.8) is 0 Å². The molecule has 0 bridgehead atoms. The summed E-state index contributed by atoms with van der Waals surface area (Å²) in [6.45, 7) is 3.57. The van der Waals surface area contributed by atoms with Gasteiger partial charge in [-0.15, -0.1) is 12.1 Å². The zero-order valence-electron chi connectivity index (χ0n) is 4.86. The predicted octanol–water partition coefficient (Wildman–Crippen LogP) is 1.86. The van der Waals surface area contributed by atoms with Gasteiger partial charge in [-0.05, 0) is 5.10 Å². The molecule has 0 saturated heterocycles. The summed E-state index contributed by atoms with van der Waals surface area (Å²) in [5.41, 5.74) is 8.76. The summed E-state index contributed by atoms with van der Waals surface area (Å²) in [5, 5.41) is 6.61. The molecular weight excluding hydrogens is 116 g/mol. The lowest BCUT2D eigenvalue weighted by Gasteiger charge is -1.64.